The van der Waals surface area contributed by atoms with Crippen LogP contribution >= 0.6 is 0 Å². The standard InChI is InChI=1S/C90H94N4O21/c1-57-74(100-48-58-27-11-4-12-28-58)80(104-52-62-35-19-8-20-36-62)82(106-53-63-37-21-9-22-38-63)89(109-57)115-83-81(105-54-64-43-45-66(98-2)46-44-64)77-71(56-107-86(113-77)65-39-23-10-24-40-65)112-90(83)114-78-72(92-93-91)87(99-3)111-70(76(78)102-50-60-31-15-6-16-32-60)55-108-88-73(94-84(96)67-41-25-26-42-68(67)85(94)97)79(103-51-61-33-17-7-18-34-61)75(69(47-95)110-88)101-49-59-29-13-5-14-30-59/h4-46,57,69-83,86-90,95H,47-56H2,1-3H3/t57-,69+,70+,71+,72+,73+,74+,75+,76-,77-,78+,79+,80+,81-,82-,83+,86-,87+,88+,89-,90-/m0/s1. The maximum absolute atomic E-state index is 15.1. The van der Waals surface area contributed by atoms with Crippen molar-refractivity contribution < 1.29 is 100.0 Å². The van der Waals surface area contributed by atoms with Crippen molar-refractivity contribution in [2.75, 3.05) is 34.0 Å². The monoisotopic (exact) mass is 1570 g/mol. The minimum atomic E-state index is -1.59. The van der Waals surface area contributed by atoms with Gasteiger partial charge in [0.15, 0.2) is 31.5 Å². The maximum Gasteiger partial charge on any atom is 0.262 e. The maximum atomic E-state index is 15.1. The number of rotatable bonds is 34. The molecule has 9 aromatic rings. The Balaban J connectivity index is 0.832. The van der Waals surface area contributed by atoms with Gasteiger partial charge in [-0.3, -0.25) is 14.5 Å². The van der Waals surface area contributed by atoms with E-state index in [2.05, 4.69) is 10.0 Å². The summed E-state index contributed by atoms with van der Waals surface area (Å²) < 4.78 is 126. The van der Waals surface area contributed by atoms with Gasteiger partial charge < -0.3 is 90.4 Å². The molecule has 21 atom stereocenters. The number of imide groups is 1. The Morgan fingerprint density at radius 1 is 0.417 bits per heavy atom. The highest BCUT2D eigenvalue weighted by atomic mass is 16.8. The van der Waals surface area contributed by atoms with E-state index in [1.165, 1.54) is 7.11 Å². The van der Waals surface area contributed by atoms with Crippen molar-refractivity contribution >= 4 is 11.8 Å². The van der Waals surface area contributed by atoms with Crippen LogP contribution in [0.3, 0.4) is 0 Å². The molecule has 0 radical (unpaired) electrons. The molecular weight excluding hydrogens is 1470 g/mol. The summed E-state index contributed by atoms with van der Waals surface area (Å²) >= 11 is 0. The van der Waals surface area contributed by atoms with Crippen LogP contribution in [-0.2, 0) is 127 Å². The third-order valence-electron chi connectivity index (χ3n) is 21.4. The molecule has 6 heterocycles. The number of ether oxygens (including phenoxy) is 18. The minimum absolute atomic E-state index is 0.00845. The summed E-state index contributed by atoms with van der Waals surface area (Å²) in [5, 5.41) is 15.9. The Labute approximate surface area is 667 Å². The number of azide groups is 1. The Hall–Kier alpha value is -9.49. The highest BCUT2D eigenvalue weighted by molar-refractivity contribution is 6.21. The number of hydrogen-bond donors (Lipinski definition) is 1. The lowest BCUT2D eigenvalue weighted by molar-refractivity contribution is -0.411. The fourth-order valence-electron chi connectivity index (χ4n) is 15.5. The first-order chi connectivity index (χ1) is 56.6. The molecule has 0 saturated carbocycles. The van der Waals surface area contributed by atoms with Crippen molar-refractivity contribution in [3.05, 3.63) is 327 Å². The number of hydrogen-bond acceptors (Lipinski definition) is 22. The second kappa shape index (κ2) is 39.4. The molecule has 5 saturated heterocycles. The van der Waals surface area contributed by atoms with E-state index in [0.717, 1.165) is 49.4 Å². The third-order valence-corrected chi connectivity index (χ3v) is 21.4. The molecule has 25 heteroatoms. The van der Waals surface area contributed by atoms with E-state index in [4.69, 9.17) is 85.3 Å². The number of aliphatic hydroxyl groups is 1. The number of carbonyl (C=O) groups is 2. The SMILES string of the molecule is COc1ccc(CO[C@H]2[C@H]3O[C@@H](c4ccccc4)OC[C@H]3O[C@@H](O[C@@H]3[C@@H](N=[N+]=[N-])[C@H](OC)O[C@H](CO[C@@H]4O[C@H](CO)[C@@H](OCc5ccccc5)[C@H](OCc5ccccc5)[C@H]4N4C(=O)c5ccccc5C4=O)[C@@H]3OCc3ccccc3)[C@@H]2O[C@@H]2O[C@@H](C)[C@@H](OCc3ccccc3)[C@@H](OCc3ccccc3)[C@@H]2OCc2ccccc2)cc1. The van der Waals surface area contributed by atoms with Crippen LogP contribution in [0.15, 0.2) is 266 Å². The number of carbonyl (C=O) groups excluding carboxylic acids is 2. The zero-order chi connectivity index (χ0) is 78.8. The second-order valence-electron chi connectivity index (χ2n) is 28.9. The molecule has 15 rings (SSSR count). The predicted octanol–water partition coefficient (Wildman–Crippen LogP) is 12.9. The molecule has 0 unspecified atom stereocenters. The number of fused-ring (bicyclic) bond motifs is 2. The van der Waals surface area contributed by atoms with Gasteiger partial charge in [-0.25, -0.2) is 0 Å². The average molecular weight is 1570 g/mol. The largest absolute Gasteiger partial charge is 0.497 e. The molecule has 25 nitrogen and oxygen atoms in total. The molecule has 6 aliphatic heterocycles. The van der Waals surface area contributed by atoms with Crippen LogP contribution in [0.1, 0.15) is 78.4 Å². The molecule has 2 amide bonds. The summed E-state index contributed by atoms with van der Waals surface area (Å²) in [7, 11) is 2.99. The number of nitrogens with zero attached hydrogens (tertiary/aromatic N) is 4. The smallest absolute Gasteiger partial charge is 0.262 e. The summed E-state index contributed by atoms with van der Waals surface area (Å²) in [5.41, 5.74) is 17.6. The van der Waals surface area contributed by atoms with E-state index in [9.17, 15) is 10.6 Å². The number of benzene rings is 9. The lowest BCUT2D eigenvalue weighted by Gasteiger charge is -2.53. The summed E-state index contributed by atoms with van der Waals surface area (Å²) in [6.07, 6.45) is -22.4. The molecule has 0 spiro atoms. The van der Waals surface area contributed by atoms with E-state index >= 15 is 9.59 Å². The van der Waals surface area contributed by atoms with Gasteiger partial charge in [0.05, 0.1) is 90.4 Å². The van der Waals surface area contributed by atoms with Crippen molar-refractivity contribution in [1.29, 1.82) is 0 Å². The van der Waals surface area contributed by atoms with Crippen molar-refractivity contribution in [3.8, 4) is 5.75 Å². The van der Waals surface area contributed by atoms with Crippen molar-refractivity contribution in [3.63, 3.8) is 0 Å². The predicted molar refractivity (Wildman–Crippen MR) is 415 cm³/mol. The summed E-state index contributed by atoms with van der Waals surface area (Å²) in [5.74, 6) is -0.646. The van der Waals surface area contributed by atoms with Gasteiger partial charge in [-0.2, -0.15) is 0 Å². The fourth-order valence-corrected chi connectivity index (χ4v) is 15.5. The molecule has 0 aliphatic carbocycles. The van der Waals surface area contributed by atoms with Crippen LogP contribution in [0.5, 0.6) is 5.75 Å². The molecular formula is C90H94N4O21. The summed E-state index contributed by atoms with van der Waals surface area (Å²) in [4.78, 5) is 34.8. The zero-order valence-corrected chi connectivity index (χ0v) is 63.9. The van der Waals surface area contributed by atoms with Crippen LogP contribution in [0, 0.1) is 0 Å². The molecule has 0 bridgehead atoms. The van der Waals surface area contributed by atoms with E-state index in [0.29, 0.717) is 5.75 Å². The van der Waals surface area contributed by atoms with E-state index < -0.39 is 154 Å². The van der Waals surface area contributed by atoms with Crippen molar-refractivity contribution in [2.45, 2.75) is 182 Å². The average Bonchev–Trinajstić information content (AvgIpc) is 1.65. The van der Waals surface area contributed by atoms with Gasteiger partial charge in [0, 0.05) is 17.6 Å². The number of methoxy groups -OCH3 is 2. The highest BCUT2D eigenvalue weighted by Gasteiger charge is 2.60. The Morgan fingerprint density at radius 3 is 1.32 bits per heavy atom. The Bertz CT molecular complexity index is 4520. The molecule has 9 aromatic carbocycles. The zero-order valence-electron chi connectivity index (χ0n) is 63.9. The number of amides is 2. The Morgan fingerprint density at radius 2 is 0.835 bits per heavy atom. The van der Waals surface area contributed by atoms with Crippen molar-refractivity contribution in [2.24, 2.45) is 5.11 Å². The summed E-state index contributed by atoms with van der Waals surface area (Å²) in [6.45, 7) is 1.11. The lowest BCUT2D eigenvalue weighted by Crippen LogP contribution is -2.69. The Kier molecular flexibility index (Phi) is 27.7. The van der Waals surface area contributed by atoms with Crippen LogP contribution in [0.4, 0.5) is 0 Å². The van der Waals surface area contributed by atoms with Crippen LogP contribution in [0.25, 0.3) is 10.4 Å². The van der Waals surface area contributed by atoms with Crippen LogP contribution < -0.4 is 4.74 Å². The lowest BCUT2D eigenvalue weighted by atomic mass is 9.93. The van der Waals surface area contributed by atoms with Gasteiger partial charge in [0.2, 0.25) is 0 Å². The van der Waals surface area contributed by atoms with Gasteiger partial charge in [-0.15, -0.1) is 0 Å². The van der Waals surface area contributed by atoms with Gasteiger partial charge in [-0.05, 0) is 75.7 Å². The molecule has 1 N–H and O–H groups in total. The molecule has 6 aliphatic rings. The first-order valence-corrected chi connectivity index (χ1v) is 38.8. The van der Waals surface area contributed by atoms with Crippen molar-refractivity contribution in [1.82, 2.24) is 4.90 Å². The van der Waals surface area contributed by atoms with Crippen LogP contribution in [-0.4, -0.2) is 179 Å². The third kappa shape index (κ3) is 19.5. The first kappa shape index (κ1) is 80.7. The first-order valence-electron chi connectivity index (χ1n) is 38.8. The summed E-state index contributed by atoms with van der Waals surface area (Å²) in [6, 6.07) is 78.3. The van der Waals surface area contributed by atoms with Gasteiger partial charge in [-0.1, -0.05) is 242 Å². The molecule has 600 valence electrons. The van der Waals surface area contributed by atoms with E-state index in [-0.39, 0.29) is 64.0 Å². The number of aliphatic hydroxyl groups excluding tert-OH is 1. The fraction of sp³-hybridized carbons (Fsp3) is 0.378. The molecule has 115 heavy (non-hydrogen) atoms. The van der Waals surface area contributed by atoms with E-state index in [1.807, 2.05) is 244 Å². The van der Waals surface area contributed by atoms with Crippen LogP contribution in [0.2, 0.25) is 0 Å². The van der Waals surface area contributed by atoms with E-state index in [1.54, 1.807) is 31.4 Å². The highest BCUT2D eigenvalue weighted by Crippen LogP contribution is 2.44. The molecule has 5 fully saturated rings. The van der Waals surface area contributed by atoms with Gasteiger partial charge in [0.25, 0.3) is 11.8 Å². The second-order valence-corrected chi connectivity index (χ2v) is 28.9. The normalized spacial score (nSPS) is 29.3. The topological polar surface area (TPSA) is 273 Å². The van der Waals surface area contributed by atoms with Gasteiger partial charge >= 0.3 is 0 Å². The quantitative estimate of drug-likeness (QED) is 0.0170. The minimum Gasteiger partial charge on any atom is -0.497 e. The molecule has 0 aromatic heterocycles. The van der Waals surface area contributed by atoms with Gasteiger partial charge in [0.1, 0.15) is 97.2 Å².